The van der Waals surface area contributed by atoms with Crippen molar-refractivity contribution in [1.29, 1.82) is 0 Å². The van der Waals surface area contributed by atoms with E-state index >= 15 is 0 Å². The molecule has 0 aromatic carbocycles. The fraction of sp³-hybridized carbons (Fsp3) is 0.100. The molecule has 5 nitrogen and oxygen atoms in total. The fourth-order valence-corrected chi connectivity index (χ4v) is 1.72. The molecule has 82 valence electrons. The zero-order valence-corrected chi connectivity index (χ0v) is 9.07. The number of amides is 1. The van der Waals surface area contributed by atoms with Gasteiger partial charge in [0.25, 0.3) is 0 Å². The molecule has 2 aromatic heterocycles. The van der Waals surface area contributed by atoms with Crippen molar-refractivity contribution in [1.82, 2.24) is 9.97 Å². The van der Waals surface area contributed by atoms with Gasteiger partial charge in [-0.2, -0.15) is 0 Å². The summed E-state index contributed by atoms with van der Waals surface area (Å²) in [6, 6.07) is 3.05. The normalized spacial score (nSPS) is 10.0. The Bertz CT molecular complexity index is 485. The molecule has 0 bridgehead atoms. The maximum absolute atomic E-state index is 11.5. The predicted molar refractivity (Wildman–Crippen MR) is 60.3 cm³/mol. The molecule has 0 radical (unpaired) electrons. The summed E-state index contributed by atoms with van der Waals surface area (Å²) in [5, 5.41) is 13.7. The first-order chi connectivity index (χ1) is 7.75. The Kier molecular flexibility index (Phi) is 3.11. The minimum Gasteiger partial charge on any atom is -0.504 e. The summed E-state index contributed by atoms with van der Waals surface area (Å²) in [6.45, 7) is 0. The van der Waals surface area contributed by atoms with E-state index in [0.29, 0.717) is 5.69 Å². The zero-order valence-electron chi connectivity index (χ0n) is 8.25. The van der Waals surface area contributed by atoms with Crippen LogP contribution in [0, 0.1) is 0 Å². The zero-order chi connectivity index (χ0) is 11.4. The Balaban J connectivity index is 2.00. The number of pyridine rings is 1. The van der Waals surface area contributed by atoms with Crippen LogP contribution in [0.4, 0.5) is 5.82 Å². The van der Waals surface area contributed by atoms with E-state index in [9.17, 15) is 9.90 Å². The van der Waals surface area contributed by atoms with Crippen LogP contribution in [-0.2, 0) is 11.2 Å². The molecular weight excluding hydrogens is 226 g/mol. The van der Waals surface area contributed by atoms with Gasteiger partial charge in [0.15, 0.2) is 11.6 Å². The monoisotopic (exact) mass is 235 g/mol. The van der Waals surface area contributed by atoms with Gasteiger partial charge in [-0.3, -0.25) is 4.79 Å². The summed E-state index contributed by atoms with van der Waals surface area (Å²) in [4.78, 5) is 19.4. The van der Waals surface area contributed by atoms with E-state index < -0.39 is 0 Å². The third-order valence-electron chi connectivity index (χ3n) is 1.87. The molecule has 2 heterocycles. The van der Waals surface area contributed by atoms with Gasteiger partial charge in [0.1, 0.15) is 0 Å². The van der Waals surface area contributed by atoms with Crippen LogP contribution in [0.15, 0.2) is 29.2 Å². The Labute approximate surface area is 95.8 Å². The third kappa shape index (κ3) is 2.54. The molecule has 0 spiro atoms. The quantitative estimate of drug-likeness (QED) is 0.843. The average Bonchev–Trinajstić information content (AvgIpc) is 2.74. The second-order valence-corrected chi connectivity index (χ2v) is 3.79. The maximum Gasteiger partial charge on any atom is 0.231 e. The molecule has 2 N–H and O–H groups in total. The maximum atomic E-state index is 11.5. The lowest BCUT2D eigenvalue weighted by atomic mass is 10.3. The number of nitrogens with zero attached hydrogens (tertiary/aromatic N) is 2. The number of carbonyl (C=O) groups is 1. The van der Waals surface area contributed by atoms with Gasteiger partial charge in [0, 0.05) is 11.6 Å². The lowest BCUT2D eigenvalue weighted by molar-refractivity contribution is -0.115. The summed E-state index contributed by atoms with van der Waals surface area (Å²) in [5.74, 6) is -0.128. The summed E-state index contributed by atoms with van der Waals surface area (Å²) in [5.41, 5.74) is 2.37. The minimum absolute atomic E-state index is 0.0471. The molecule has 0 aliphatic heterocycles. The molecule has 0 unspecified atom stereocenters. The van der Waals surface area contributed by atoms with Crippen molar-refractivity contribution in [2.75, 3.05) is 5.32 Å². The molecule has 6 heteroatoms. The Morgan fingerprint density at radius 2 is 2.38 bits per heavy atom. The van der Waals surface area contributed by atoms with Gasteiger partial charge in [0.2, 0.25) is 5.91 Å². The smallest absolute Gasteiger partial charge is 0.231 e. The van der Waals surface area contributed by atoms with Crippen molar-refractivity contribution in [3.8, 4) is 5.75 Å². The molecule has 2 rings (SSSR count). The highest BCUT2D eigenvalue weighted by atomic mass is 32.1. The summed E-state index contributed by atoms with van der Waals surface area (Å²) in [7, 11) is 0. The fourth-order valence-electron chi connectivity index (χ4n) is 1.16. The van der Waals surface area contributed by atoms with Gasteiger partial charge in [0.05, 0.1) is 17.6 Å². The summed E-state index contributed by atoms with van der Waals surface area (Å²) >= 11 is 1.43. The molecule has 0 atom stereocenters. The number of rotatable bonds is 3. The first-order valence-corrected chi connectivity index (χ1v) is 5.51. The Morgan fingerprint density at radius 3 is 3.06 bits per heavy atom. The number of aromatic hydroxyl groups is 1. The molecule has 0 aliphatic carbocycles. The first-order valence-electron chi connectivity index (χ1n) is 4.56. The number of nitrogens with one attached hydrogen (secondary N) is 1. The van der Waals surface area contributed by atoms with Crippen molar-refractivity contribution >= 4 is 23.1 Å². The van der Waals surface area contributed by atoms with Gasteiger partial charge in [-0.1, -0.05) is 0 Å². The number of hydrogen-bond acceptors (Lipinski definition) is 5. The van der Waals surface area contributed by atoms with Gasteiger partial charge < -0.3 is 10.4 Å². The molecule has 2 aromatic rings. The van der Waals surface area contributed by atoms with Crippen LogP contribution < -0.4 is 5.32 Å². The number of thiazole rings is 1. The molecule has 0 saturated heterocycles. The largest absolute Gasteiger partial charge is 0.504 e. The lowest BCUT2D eigenvalue weighted by Crippen LogP contribution is -2.15. The second-order valence-electron chi connectivity index (χ2n) is 3.08. The van der Waals surface area contributed by atoms with Crippen molar-refractivity contribution in [3.63, 3.8) is 0 Å². The number of aromatic nitrogens is 2. The van der Waals surface area contributed by atoms with Crippen LogP contribution in [0.2, 0.25) is 0 Å². The third-order valence-corrected chi connectivity index (χ3v) is 2.50. The molecule has 16 heavy (non-hydrogen) atoms. The topological polar surface area (TPSA) is 75.1 Å². The highest BCUT2D eigenvalue weighted by Gasteiger charge is 2.08. The van der Waals surface area contributed by atoms with Crippen LogP contribution in [0.3, 0.4) is 0 Å². The highest BCUT2D eigenvalue weighted by Crippen LogP contribution is 2.18. The van der Waals surface area contributed by atoms with Crippen LogP contribution in [-0.4, -0.2) is 21.0 Å². The number of anilines is 1. The number of carbonyl (C=O) groups excluding carboxylic acids is 1. The van der Waals surface area contributed by atoms with Gasteiger partial charge in [-0.05, 0) is 12.1 Å². The van der Waals surface area contributed by atoms with Gasteiger partial charge >= 0.3 is 0 Å². The van der Waals surface area contributed by atoms with Gasteiger partial charge in [-0.15, -0.1) is 11.3 Å². The Morgan fingerprint density at radius 1 is 1.50 bits per heavy atom. The van der Waals surface area contributed by atoms with E-state index in [1.807, 2.05) is 0 Å². The molecule has 1 amide bonds. The van der Waals surface area contributed by atoms with Crippen LogP contribution in [0.25, 0.3) is 0 Å². The predicted octanol–water partition coefficient (Wildman–Crippen LogP) is 1.42. The lowest BCUT2D eigenvalue weighted by Gasteiger charge is -2.04. The minimum atomic E-state index is -0.250. The van der Waals surface area contributed by atoms with Crippen LogP contribution >= 0.6 is 11.3 Å². The molecule has 0 saturated carbocycles. The molecular formula is C10H9N3O2S. The molecule has 0 fully saturated rings. The second kappa shape index (κ2) is 4.71. The van der Waals surface area contributed by atoms with E-state index in [-0.39, 0.29) is 23.9 Å². The van der Waals surface area contributed by atoms with Crippen molar-refractivity contribution in [2.45, 2.75) is 6.42 Å². The summed E-state index contributed by atoms with van der Waals surface area (Å²) in [6.07, 6.45) is 1.68. The van der Waals surface area contributed by atoms with E-state index in [4.69, 9.17) is 0 Å². The SMILES string of the molecule is O=C(Cc1cscn1)Nc1ncccc1O. The summed E-state index contributed by atoms with van der Waals surface area (Å²) < 4.78 is 0. The van der Waals surface area contributed by atoms with Crippen molar-refractivity contribution in [3.05, 3.63) is 34.9 Å². The van der Waals surface area contributed by atoms with E-state index in [1.165, 1.54) is 23.6 Å². The van der Waals surface area contributed by atoms with E-state index in [0.717, 1.165) is 0 Å². The van der Waals surface area contributed by atoms with Crippen molar-refractivity contribution in [2.24, 2.45) is 0 Å². The average molecular weight is 235 g/mol. The van der Waals surface area contributed by atoms with Crippen LogP contribution in [0.5, 0.6) is 5.75 Å². The number of hydrogen-bond donors (Lipinski definition) is 2. The van der Waals surface area contributed by atoms with Crippen LogP contribution in [0.1, 0.15) is 5.69 Å². The van der Waals surface area contributed by atoms with E-state index in [1.54, 1.807) is 17.0 Å². The van der Waals surface area contributed by atoms with Gasteiger partial charge in [-0.25, -0.2) is 9.97 Å². The van der Waals surface area contributed by atoms with E-state index in [2.05, 4.69) is 15.3 Å². The molecule has 0 aliphatic rings. The highest BCUT2D eigenvalue weighted by molar-refractivity contribution is 7.07. The standard InChI is InChI=1S/C10H9N3O2S/c14-8-2-1-3-11-10(8)13-9(15)4-7-5-16-6-12-7/h1-3,5-6,14H,4H2,(H,11,13,15). The Hall–Kier alpha value is -1.95. The first kappa shape index (κ1) is 10.6. The van der Waals surface area contributed by atoms with Crippen molar-refractivity contribution < 1.29 is 9.90 Å².